The summed E-state index contributed by atoms with van der Waals surface area (Å²) in [7, 11) is 0. The molecule has 1 aromatic rings. The lowest BCUT2D eigenvalue weighted by Gasteiger charge is -2.31. The van der Waals surface area contributed by atoms with Crippen molar-refractivity contribution in [2.75, 3.05) is 13.1 Å². The molecule has 1 aromatic carbocycles. The fourth-order valence-electron chi connectivity index (χ4n) is 2.40. The smallest absolute Gasteiger partial charge is 0.0406 e. The predicted octanol–water partition coefficient (Wildman–Crippen LogP) is 4.86. The van der Waals surface area contributed by atoms with Gasteiger partial charge in [0, 0.05) is 23.0 Å². The van der Waals surface area contributed by atoms with E-state index in [9.17, 15) is 0 Å². The Hall–Kier alpha value is -0.180. The third-order valence-corrected chi connectivity index (χ3v) is 4.55. The summed E-state index contributed by atoms with van der Waals surface area (Å²) >= 11 is 7.77. The van der Waals surface area contributed by atoms with Crippen LogP contribution in [0.15, 0.2) is 29.2 Å². The van der Waals surface area contributed by atoms with Gasteiger partial charge in [0.25, 0.3) is 0 Å². The number of halogens is 1. The molecule has 0 aromatic heterocycles. The summed E-state index contributed by atoms with van der Waals surface area (Å²) in [6.45, 7) is 4.74. The fourth-order valence-corrected chi connectivity index (χ4v) is 3.59. The highest BCUT2D eigenvalue weighted by Crippen LogP contribution is 2.30. The highest BCUT2D eigenvalue weighted by molar-refractivity contribution is 7.97. The van der Waals surface area contributed by atoms with E-state index in [1.807, 2.05) is 24.1 Å². The van der Waals surface area contributed by atoms with Crippen molar-refractivity contribution >= 4 is 23.5 Å². The molecule has 1 aliphatic heterocycles. The average molecular weight is 270 g/mol. The molecule has 17 heavy (non-hydrogen) atoms. The first-order valence-electron chi connectivity index (χ1n) is 6.46. The monoisotopic (exact) mass is 269 g/mol. The molecule has 0 spiro atoms. The molecule has 1 fully saturated rings. The van der Waals surface area contributed by atoms with E-state index in [1.54, 1.807) is 0 Å². The highest BCUT2D eigenvalue weighted by Gasteiger charge is 2.19. The Bertz CT molecular complexity index is 337. The number of hydrogen-bond acceptors (Lipinski definition) is 2. The molecular formula is C14H20ClNS. The number of nitrogens with zero attached hydrogens (tertiary/aromatic N) is 1. The molecule has 3 heteroatoms. The third kappa shape index (κ3) is 4.20. The lowest BCUT2D eigenvalue weighted by atomic mass is 9.95. The Kier molecular flexibility index (Phi) is 5.20. The Morgan fingerprint density at radius 2 is 2.12 bits per heavy atom. The molecule has 0 N–H and O–H groups in total. The molecule has 1 aliphatic rings. The lowest BCUT2D eigenvalue weighted by Crippen LogP contribution is -2.30. The van der Waals surface area contributed by atoms with Crippen LogP contribution in [0.1, 0.15) is 32.6 Å². The maximum absolute atomic E-state index is 5.90. The molecule has 0 aliphatic carbocycles. The van der Waals surface area contributed by atoms with E-state index < -0.39 is 0 Å². The molecule has 1 atom stereocenters. The largest absolute Gasteiger partial charge is 0.246 e. The minimum Gasteiger partial charge on any atom is -0.246 e. The molecule has 0 bridgehead atoms. The molecule has 2 rings (SSSR count). The summed E-state index contributed by atoms with van der Waals surface area (Å²) < 4.78 is 2.51. The van der Waals surface area contributed by atoms with Crippen LogP contribution in [0.25, 0.3) is 0 Å². The van der Waals surface area contributed by atoms with Gasteiger partial charge in [-0.25, -0.2) is 4.31 Å². The Morgan fingerprint density at radius 3 is 2.82 bits per heavy atom. The zero-order valence-electron chi connectivity index (χ0n) is 10.4. The molecular weight excluding hydrogens is 250 g/mol. The standard InChI is InChI=1S/C14H20ClNS/c1-2-4-12-5-3-10-16(11-12)17-14-8-6-13(15)7-9-14/h6-9,12H,2-5,10-11H2,1H3. The zero-order chi connectivity index (χ0) is 12.1. The van der Waals surface area contributed by atoms with Gasteiger partial charge in [0.05, 0.1) is 0 Å². The van der Waals surface area contributed by atoms with Gasteiger partial charge in [-0.15, -0.1) is 0 Å². The van der Waals surface area contributed by atoms with Crippen LogP contribution in [0.4, 0.5) is 0 Å². The van der Waals surface area contributed by atoms with E-state index in [1.165, 1.54) is 43.7 Å². The predicted molar refractivity (Wildman–Crippen MR) is 76.5 cm³/mol. The van der Waals surface area contributed by atoms with Gasteiger partial charge in [-0.1, -0.05) is 24.9 Å². The number of piperidine rings is 1. The average Bonchev–Trinajstić information content (AvgIpc) is 2.33. The molecule has 0 radical (unpaired) electrons. The van der Waals surface area contributed by atoms with Crippen molar-refractivity contribution in [3.8, 4) is 0 Å². The summed E-state index contributed by atoms with van der Waals surface area (Å²) in [6, 6.07) is 8.15. The van der Waals surface area contributed by atoms with Gasteiger partial charge in [-0.3, -0.25) is 0 Å². The summed E-state index contributed by atoms with van der Waals surface area (Å²) in [5.41, 5.74) is 0. The molecule has 0 amide bonds. The van der Waals surface area contributed by atoms with Crippen LogP contribution in [0, 0.1) is 5.92 Å². The second-order valence-corrected chi connectivity index (χ2v) is 6.34. The van der Waals surface area contributed by atoms with E-state index in [4.69, 9.17) is 11.6 Å². The second-order valence-electron chi connectivity index (χ2n) is 4.73. The van der Waals surface area contributed by atoms with Crippen LogP contribution >= 0.6 is 23.5 Å². The van der Waals surface area contributed by atoms with Crippen molar-refractivity contribution in [1.29, 1.82) is 0 Å². The van der Waals surface area contributed by atoms with Gasteiger partial charge < -0.3 is 0 Å². The van der Waals surface area contributed by atoms with Crippen molar-refractivity contribution in [2.24, 2.45) is 5.92 Å². The first kappa shape index (κ1) is 13.3. The van der Waals surface area contributed by atoms with Crippen LogP contribution < -0.4 is 0 Å². The maximum atomic E-state index is 5.90. The summed E-state index contributed by atoms with van der Waals surface area (Å²) in [5.74, 6) is 0.897. The molecule has 1 saturated heterocycles. The number of benzene rings is 1. The van der Waals surface area contributed by atoms with Gasteiger partial charge in [-0.05, 0) is 61.4 Å². The topological polar surface area (TPSA) is 3.24 Å². The number of hydrogen-bond donors (Lipinski definition) is 0. The summed E-state index contributed by atoms with van der Waals surface area (Å²) in [4.78, 5) is 1.30. The second kappa shape index (κ2) is 6.67. The third-order valence-electron chi connectivity index (χ3n) is 3.23. The molecule has 1 nitrogen and oxygen atoms in total. The van der Waals surface area contributed by atoms with Crippen molar-refractivity contribution < 1.29 is 0 Å². The maximum Gasteiger partial charge on any atom is 0.0406 e. The fraction of sp³-hybridized carbons (Fsp3) is 0.571. The van der Waals surface area contributed by atoms with E-state index >= 15 is 0 Å². The first-order chi connectivity index (χ1) is 8.28. The van der Waals surface area contributed by atoms with Crippen LogP contribution in [0.3, 0.4) is 0 Å². The Morgan fingerprint density at radius 1 is 1.35 bits per heavy atom. The molecule has 1 heterocycles. The SMILES string of the molecule is CCCC1CCCN(Sc2ccc(Cl)cc2)C1. The van der Waals surface area contributed by atoms with Gasteiger partial charge in [0.1, 0.15) is 0 Å². The van der Waals surface area contributed by atoms with Crippen molar-refractivity contribution in [1.82, 2.24) is 4.31 Å². The van der Waals surface area contributed by atoms with Crippen LogP contribution in [0.2, 0.25) is 5.02 Å². The lowest BCUT2D eigenvalue weighted by molar-refractivity contribution is 0.271. The van der Waals surface area contributed by atoms with Crippen molar-refractivity contribution in [3.05, 3.63) is 29.3 Å². The minimum atomic E-state index is 0.817. The summed E-state index contributed by atoms with van der Waals surface area (Å²) in [5, 5.41) is 0.817. The zero-order valence-corrected chi connectivity index (χ0v) is 11.9. The Balaban J connectivity index is 1.87. The van der Waals surface area contributed by atoms with Crippen LogP contribution in [-0.2, 0) is 0 Å². The van der Waals surface area contributed by atoms with Crippen LogP contribution in [-0.4, -0.2) is 17.4 Å². The summed E-state index contributed by atoms with van der Waals surface area (Å²) in [6.07, 6.45) is 5.43. The van der Waals surface area contributed by atoms with Gasteiger partial charge in [0.2, 0.25) is 0 Å². The van der Waals surface area contributed by atoms with E-state index in [-0.39, 0.29) is 0 Å². The minimum absolute atomic E-state index is 0.817. The van der Waals surface area contributed by atoms with Gasteiger partial charge in [-0.2, -0.15) is 0 Å². The number of rotatable bonds is 4. The van der Waals surface area contributed by atoms with E-state index in [0.29, 0.717) is 0 Å². The Labute approximate surface area is 114 Å². The molecule has 94 valence electrons. The molecule has 1 unspecified atom stereocenters. The quantitative estimate of drug-likeness (QED) is 0.718. The van der Waals surface area contributed by atoms with Crippen molar-refractivity contribution in [2.45, 2.75) is 37.5 Å². The van der Waals surface area contributed by atoms with Crippen molar-refractivity contribution in [3.63, 3.8) is 0 Å². The van der Waals surface area contributed by atoms with Gasteiger partial charge >= 0.3 is 0 Å². The normalized spacial score (nSPS) is 21.6. The first-order valence-corrected chi connectivity index (χ1v) is 7.61. The van der Waals surface area contributed by atoms with E-state index in [0.717, 1.165) is 10.9 Å². The highest BCUT2D eigenvalue weighted by atomic mass is 35.5. The molecule has 0 saturated carbocycles. The van der Waals surface area contributed by atoms with E-state index in [2.05, 4.69) is 23.4 Å². The van der Waals surface area contributed by atoms with Gasteiger partial charge in [0.15, 0.2) is 0 Å². The van der Waals surface area contributed by atoms with Crippen LogP contribution in [0.5, 0.6) is 0 Å².